The number of ether oxygens (including phenoxy) is 2. The van der Waals surface area contributed by atoms with E-state index in [4.69, 9.17) is 14.7 Å². The minimum Gasteiger partial charge on any atom is -0.454 e. The molecule has 0 N–H and O–H groups in total. The molecule has 1 aromatic heterocycles. The largest absolute Gasteiger partial charge is 0.454 e. The van der Waals surface area contributed by atoms with E-state index in [0.717, 1.165) is 28.4 Å². The zero-order valence-corrected chi connectivity index (χ0v) is 11.6. The van der Waals surface area contributed by atoms with Gasteiger partial charge in [0.2, 0.25) is 6.79 Å². The van der Waals surface area contributed by atoms with Gasteiger partial charge in [0.1, 0.15) is 0 Å². The Kier molecular flexibility index (Phi) is 2.80. The summed E-state index contributed by atoms with van der Waals surface area (Å²) in [6.45, 7) is 0.254. The molecule has 4 rings (SSSR count). The minimum atomic E-state index is 0.254. The molecule has 2 heterocycles. The summed E-state index contributed by atoms with van der Waals surface area (Å²) < 4.78 is 12.5. The number of rotatable bonds is 2. The molecule has 0 atom stereocenters. The van der Waals surface area contributed by atoms with Crippen LogP contribution in [0.4, 0.5) is 0 Å². The SMILES string of the molecule is N#Cc1cccc(-c2ccn(-c3ccc4c(c3)OCO4)n2)c1. The lowest BCUT2D eigenvalue weighted by Crippen LogP contribution is -1.95. The maximum absolute atomic E-state index is 8.98. The van der Waals surface area contributed by atoms with E-state index in [2.05, 4.69) is 11.2 Å². The fourth-order valence-electron chi connectivity index (χ4n) is 2.40. The molecule has 0 aliphatic carbocycles. The molecular weight excluding hydrogens is 278 g/mol. The lowest BCUT2D eigenvalue weighted by Gasteiger charge is -2.03. The monoisotopic (exact) mass is 289 g/mol. The summed E-state index contributed by atoms with van der Waals surface area (Å²) in [6, 6.07) is 17.1. The normalized spacial score (nSPS) is 12.1. The zero-order valence-electron chi connectivity index (χ0n) is 11.6. The molecule has 22 heavy (non-hydrogen) atoms. The summed E-state index contributed by atoms with van der Waals surface area (Å²) in [5.41, 5.74) is 3.25. The van der Waals surface area contributed by atoms with E-state index in [1.165, 1.54) is 0 Å². The van der Waals surface area contributed by atoms with Gasteiger partial charge in [0.25, 0.3) is 0 Å². The van der Waals surface area contributed by atoms with Crippen LogP contribution in [-0.4, -0.2) is 16.6 Å². The van der Waals surface area contributed by atoms with E-state index >= 15 is 0 Å². The summed E-state index contributed by atoms with van der Waals surface area (Å²) in [4.78, 5) is 0. The van der Waals surface area contributed by atoms with Gasteiger partial charge in [0.05, 0.1) is 23.0 Å². The minimum absolute atomic E-state index is 0.254. The first-order valence-electron chi connectivity index (χ1n) is 6.80. The Morgan fingerprint density at radius 2 is 1.95 bits per heavy atom. The quantitative estimate of drug-likeness (QED) is 0.727. The van der Waals surface area contributed by atoms with Crippen molar-refractivity contribution in [2.24, 2.45) is 0 Å². The van der Waals surface area contributed by atoms with Crippen molar-refractivity contribution in [3.63, 3.8) is 0 Å². The van der Waals surface area contributed by atoms with E-state index in [-0.39, 0.29) is 6.79 Å². The number of hydrogen-bond donors (Lipinski definition) is 0. The van der Waals surface area contributed by atoms with Gasteiger partial charge in [-0.3, -0.25) is 0 Å². The van der Waals surface area contributed by atoms with Crippen LogP contribution in [0.25, 0.3) is 16.9 Å². The molecule has 0 fully saturated rings. The Morgan fingerprint density at radius 3 is 2.86 bits per heavy atom. The number of fused-ring (bicyclic) bond motifs is 1. The Balaban J connectivity index is 1.71. The van der Waals surface area contributed by atoms with Crippen LogP contribution in [0.3, 0.4) is 0 Å². The lowest BCUT2D eigenvalue weighted by molar-refractivity contribution is 0.174. The predicted octanol–water partition coefficient (Wildman–Crippen LogP) is 3.14. The molecule has 0 amide bonds. The maximum Gasteiger partial charge on any atom is 0.231 e. The molecule has 5 heteroatoms. The van der Waals surface area contributed by atoms with Gasteiger partial charge in [-0.15, -0.1) is 0 Å². The Labute approximate surface area is 126 Å². The Morgan fingerprint density at radius 1 is 1.05 bits per heavy atom. The van der Waals surface area contributed by atoms with Crippen molar-refractivity contribution in [2.45, 2.75) is 0 Å². The fourth-order valence-corrected chi connectivity index (χ4v) is 2.40. The third-order valence-electron chi connectivity index (χ3n) is 3.50. The van der Waals surface area contributed by atoms with E-state index in [1.807, 2.05) is 48.7 Å². The Hall–Kier alpha value is -3.26. The van der Waals surface area contributed by atoms with E-state index in [1.54, 1.807) is 10.7 Å². The summed E-state index contributed by atoms with van der Waals surface area (Å²) in [6.07, 6.45) is 1.88. The van der Waals surface area contributed by atoms with Crippen molar-refractivity contribution >= 4 is 0 Å². The van der Waals surface area contributed by atoms with Crippen molar-refractivity contribution in [3.05, 3.63) is 60.3 Å². The van der Waals surface area contributed by atoms with Gasteiger partial charge in [-0.25, -0.2) is 4.68 Å². The standard InChI is InChI=1S/C17H11N3O2/c18-10-12-2-1-3-13(8-12)15-6-7-20(19-15)14-4-5-16-17(9-14)22-11-21-16/h1-9H,11H2. The van der Waals surface area contributed by atoms with Crippen LogP contribution in [0.5, 0.6) is 11.5 Å². The van der Waals surface area contributed by atoms with Crippen molar-refractivity contribution in [2.75, 3.05) is 6.79 Å². The first kappa shape index (κ1) is 12.5. The van der Waals surface area contributed by atoms with Crippen molar-refractivity contribution < 1.29 is 9.47 Å². The number of aromatic nitrogens is 2. The summed E-state index contributed by atoms with van der Waals surface area (Å²) in [5.74, 6) is 1.47. The van der Waals surface area contributed by atoms with Gasteiger partial charge in [-0.2, -0.15) is 10.4 Å². The number of nitriles is 1. The summed E-state index contributed by atoms with van der Waals surface area (Å²) in [7, 11) is 0. The van der Waals surface area contributed by atoms with Crippen molar-refractivity contribution in [1.82, 2.24) is 9.78 Å². The zero-order chi connectivity index (χ0) is 14.9. The Bertz CT molecular complexity index is 893. The topological polar surface area (TPSA) is 60.1 Å². The van der Waals surface area contributed by atoms with Crippen LogP contribution in [0.15, 0.2) is 54.7 Å². The summed E-state index contributed by atoms with van der Waals surface area (Å²) >= 11 is 0. The fraction of sp³-hybridized carbons (Fsp3) is 0.0588. The van der Waals surface area contributed by atoms with Crippen LogP contribution >= 0.6 is 0 Å². The second-order valence-corrected chi connectivity index (χ2v) is 4.88. The molecule has 1 aliphatic heterocycles. The molecule has 0 saturated carbocycles. The average Bonchev–Trinajstić information content (AvgIpc) is 3.23. The number of nitrogens with zero attached hydrogens (tertiary/aromatic N) is 3. The average molecular weight is 289 g/mol. The van der Waals surface area contributed by atoms with E-state index < -0.39 is 0 Å². The van der Waals surface area contributed by atoms with Gasteiger partial charge in [0, 0.05) is 17.8 Å². The molecular formula is C17H11N3O2. The predicted molar refractivity (Wildman–Crippen MR) is 79.8 cm³/mol. The van der Waals surface area contributed by atoms with Crippen LogP contribution in [0.1, 0.15) is 5.56 Å². The molecule has 0 unspecified atom stereocenters. The molecule has 1 aliphatic rings. The van der Waals surface area contributed by atoms with Crippen LogP contribution < -0.4 is 9.47 Å². The third-order valence-corrected chi connectivity index (χ3v) is 3.50. The van der Waals surface area contributed by atoms with Gasteiger partial charge in [0.15, 0.2) is 11.5 Å². The molecule has 0 radical (unpaired) electrons. The van der Waals surface area contributed by atoms with Gasteiger partial charge in [-0.05, 0) is 30.3 Å². The summed E-state index contributed by atoms with van der Waals surface area (Å²) in [5, 5.41) is 13.5. The smallest absolute Gasteiger partial charge is 0.231 e. The third kappa shape index (κ3) is 2.07. The lowest BCUT2D eigenvalue weighted by atomic mass is 10.1. The molecule has 106 valence electrons. The number of hydrogen-bond acceptors (Lipinski definition) is 4. The molecule has 5 nitrogen and oxygen atoms in total. The highest BCUT2D eigenvalue weighted by molar-refractivity contribution is 5.61. The first-order valence-corrected chi connectivity index (χ1v) is 6.80. The van der Waals surface area contributed by atoms with Crippen LogP contribution in [0, 0.1) is 11.3 Å². The molecule has 2 aromatic carbocycles. The highest BCUT2D eigenvalue weighted by Gasteiger charge is 2.14. The molecule has 0 saturated heterocycles. The second kappa shape index (κ2) is 4.93. The van der Waals surface area contributed by atoms with E-state index in [0.29, 0.717) is 5.56 Å². The highest BCUT2D eigenvalue weighted by atomic mass is 16.7. The maximum atomic E-state index is 8.98. The molecule has 0 spiro atoms. The van der Waals surface area contributed by atoms with E-state index in [9.17, 15) is 0 Å². The van der Waals surface area contributed by atoms with Crippen LogP contribution in [0.2, 0.25) is 0 Å². The number of benzene rings is 2. The van der Waals surface area contributed by atoms with Gasteiger partial charge in [-0.1, -0.05) is 12.1 Å². The van der Waals surface area contributed by atoms with Gasteiger partial charge < -0.3 is 9.47 Å². The van der Waals surface area contributed by atoms with Crippen molar-refractivity contribution in [3.8, 4) is 34.5 Å². The van der Waals surface area contributed by atoms with Crippen molar-refractivity contribution in [1.29, 1.82) is 5.26 Å². The molecule has 3 aromatic rings. The molecule has 0 bridgehead atoms. The van der Waals surface area contributed by atoms with Crippen LogP contribution in [-0.2, 0) is 0 Å². The van der Waals surface area contributed by atoms with Gasteiger partial charge >= 0.3 is 0 Å². The second-order valence-electron chi connectivity index (χ2n) is 4.88. The first-order chi connectivity index (χ1) is 10.8. The highest BCUT2D eigenvalue weighted by Crippen LogP contribution is 2.33.